The minimum atomic E-state index is -0.475. The van der Waals surface area contributed by atoms with Gasteiger partial charge in [0.05, 0.1) is 22.4 Å². The number of carbonyl (C=O) groups excluding carboxylic acids is 2. The number of benzene rings is 2. The highest BCUT2D eigenvalue weighted by atomic mass is 35.5. The van der Waals surface area contributed by atoms with E-state index in [9.17, 15) is 9.59 Å². The molecule has 0 heterocycles. The maximum absolute atomic E-state index is 12.3. The Labute approximate surface area is 156 Å². The molecule has 2 aromatic carbocycles. The summed E-state index contributed by atoms with van der Waals surface area (Å²) in [6.07, 6.45) is 0. The fourth-order valence-corrected chi connectivity index (χ4v) is 3.19. The first-order valence-corrected chi connectivity index (χ1v) is 9.37. The van der Waals surface area contributed by atoms with Crippen molar-refractivity contribution in [1.82, 2.24) is 0 Å². The molecule has 0 aliphatic carbocycles. The van der Waals surface area contributed by atoms with Gasteiger partial charge in [0.2, 0.25) is 5.91 Å². The molecule has 0 aromatic heterocycles. The highest BCUT2D eigenvalue weighted by molar-refractivity contribution is 7.99. The number of anilines is 1. The Morgan fingerprint density at radius 1 is 1.20 bits per heavy atom. The molecule has 0 radical (unpaired) electrons. The average Bonchev–Trinajstić information content (AvgIpc) is 2.60. The predicted octanol–water partition coefficient (Wildman–Crippen LogP) is 4.78. The van der Waals surface area contributed by atoms with Crippen molar-refractivity contribution in [1.29, 1.82) is 0 Å². The molecule has 6 heteroatoms. The fraction of sp³-hybridized carbons (Fsp3) is 0.263. The lowest BCUT2D eigenvalue weighted by Gasteiger charge is -2.13. The number of hydrogen-bond donors (Lipinski definition) is 1. The van der Waals surface area contributed by atoms with Gasteiger partial charge in [0.25, 0.3) is 0 Å². The minimum absolute atomic E-state index is 0.110. The molecule has 1 amide bonds. The van der Waals surface area contributed by atoms with E-state index in [2.05, 4.69) is 5.32 Å². The number of amides is 1. The highest BCUT2D eigenvalue weighted by Crippen LogP contribution is 2.23. The number of esters is 1. The minimum Gasteiger partial charge on any atom is -0.462 e. The zero-order valence-electron chi connectivity index (χ0n) is 14.1. The number of rotatable bonds is 7. The first-order valence-electron chi connectivity index (χ1n) is 7.94. The molecule has 0 saturated carbocycles. The van der Waals surface area contributed by atoms with Gasteiger partial charge in [0, 0.05) is 11.4 Å². The highest BCUT2D eigenvalue weighted by Gasteiger charge is 2.16. The molecule has 0 aliphatic rings. The Morgan fingerprint density at radius 2 is 1.92 bits per heavy atom. The normalized spacial score (nSPS) is 11.6. The summed E-state index contributed by atoms with van der Waals surface area (Å²) in [7, 11) is 0. The van der Waals surface area contributed by atoms with Crippen LogP contribution < -0.4 is 5.32 Å². The van der Waals surface area contributed by atoms with Gasteiger partial charge in [-0.25, -0.2) is 4.79 Å². The van der Waals surface area contributed by atoms with Crippen LogP contribution in [0.1, 0.15) is 29.8 Å². The van der Waals surface area contributed by atoms with Crippen molar-refractivity contribution in [2.75, 3.05) is 11.9 Å². The maximum atomic E-state index is 12.3. The van der Waals surface area contributed by atoms with Gasteiger partial charge in [-0.3, -0.25) is 4.79 Å². The second-order valence-corrected chi connectivity index (χ2v) is 7.08. The standard InChI is InChI=1S/C19H20ClNO3S/c1-3-24-19(23)16-10-9-15(11-17(16)20)21-18(22)13(2)25-12-14-7-5-4-6-8-14/h4-11,13H,3,12H2,1-2H3,(H,21,22)/t13-/m0/s1. The lowest BCUT2D eigenvalue weighted by atomic mass is 10.2. The molecular weight excluding hydrogens is 358 g/mol. The van der Waals surface area contributed by atoms with E-state index in [1.807, 2.05) is 37.3 Å². The zero-order valence-corrected chi connectivity index (χ0v) is 15.7. The van der Waals surface area contributed by atoms with Gasteiger partial charge in [-0.1, -0.05) is 41.9 Å². The molecule has 132 valence electrons. The number of halogens is 1. The fourth-order valence-electron chi connectivity index (χ4n) is 2.08. The maximum Gasteiger partial charge on any atom is 0.339 e. The molecule has 25 heavy (non-hydrogen) atoms. The molecule has 2 rings (SSSR count). The Hall–Kier alpha value is -1.98. The topological polar surface area (TPSA) is 55.4 Å². The summed E-state index contributed by atoms with van der Waals surface area (Å²) in [5.74, 6) is 0.177. The van der Waals surface area contributed by atoms with Gasteiger partial charge in [-0.15, -0.1) is 11.8 Å². The summed E-state index contributed by atoms with van der Waals surface area (Å²) in [6.45, 7) is 3.87. The molecule has 0 spiro atoms. The molecule has 1 atom stereocenters. The van der Waals surface area contributed by atoms with E-state index in [1.165, 1.54) is 5.56 Å². The van der Waals surface area contributed by atoms with Crippen LogP contribution in [0, 0.1) is 0 Å². The SMILES string of the molecule is CCOC(=O)c1ccc(NC(=O)[C@H](C)SCc2ccccc2)cc1Cl. The summed E-state index contributed by atoms with van der Waals surface area (Å²) in [4.78, 5) is 24.0. The van der Waals surface area contributed by atoms with Crippen LogP contribution in [0.3, 0.4) is 0 Å². The van der Waals surface area contributed by atoms with Crippen molar-refractivity contribution in [3.05, 3.63) is 64.7 Å². The first kappa shape index (κ1) is 19.3. The van der Waals surface area contributed by atoms with E-state index in [0.717, 1.165) is 5.75 Å². The summed E-state index contributed by atoms with van der Waals surface area (Å²) in [5.41, 5.74) is 2.01. The zero-order chi connectivity index (χ0) is 18.2. The van der Waals surface area contributed by atoms with Crippen LogP contribution in [0.2, 0.25) is 5.02 Å². The molecule has 1 N–H and O–H groups in total. The lowest BCUT2D eigenvalue weighted by Crippen LogP contribution is -2.22. The first-order chi connectivity index (χ1) is 12.0. The van der Waals surface area contributed by atoms with E-state index in [4.69, 9.17) is 16.3 Å². The van der Waals surface area contributed by atoms with Gasteiger partial charge in [0.1, 0.15) is 0 Å². The van der Waals surface area contributed by atoms with Crippen molar-refractivity contribution < 1.29 is 14.3 Å². The Balaban J connectivity index is 1.93. The molecular formula is C19H20ClNO3S. The third-order valence-corrected chi connectivity index (χ3v) is 4.97. The number of thioether (sulfide) groups is 1. The van der Waals surface area contributed by atoms with E-state index in [-0.39, 0.29) is 28.4 Å². The second kappa shape index (κ2) is 9.49. The van der Waals surface area contributed by atoms with Crippen molar-refractivity contribution >= 4 is 40.9 Å². The largest absolute Gasteiger partial charge is 0.462 e. The third-order valence-electron chi connectivity index (χ3n) is 3.44. The van der Waals surface area contributed by atoms with Crippen LogP contribution in [0.25, 0.3) is 0 Å². The molecule has 0 unspecified atom stereocenters. The van der Waals surface area contributed by atoms with Gasteiger partial charge >= 0.3 is 5.97 Å². The number of carbonyl (C=O) groups is 2. The van der Waals surface area contributed by atoms with E-state index < -0.39 is 5.97 Å². The number of nitrogens with one attached hydrogen (secondary N) is 1. The second-order valence-electron chi connectivity index (χ2n) is 5.34. The summed E-state index contributed by atoms with van der Waals surface area (Å²) in [6, 6.07) is 14.7. The van der Waals surface area contributed by atoms with Crippen LogP contribution in [0.15, 0.2) is 48.5 Å². The summed E-state index contributed by atoms with van der Waals surface area (Å²) in [5, 5.41) is 2.85. The van der Waals surface area contributed by atoms with E-state index in [0.29, 0.717) is 5.69 Å². The van der Waals surface area contributed by atoms with Crippen LogP contribution in [-0.4, -0.2) is 23.7 Å². The number of ether oxygens (including phenoxy) is 1. The van der Waals surface area contributed by atoms with Crippen LogP contribution in [0.5, 0.6) is 0 Å². The van der Waals surface area contributed by atoms with Crippen molar-refractivity contribution in [3.8, 4) is 0 Å². The van der Waals surface area contributed by atoms with Crippen molar-refractivity contribution in [2.45, 2.75) is 24.9 Å². The molecule has 0 fully saturated rings. The predicted molar refractivity (Wildman–Crippen MR) is 103 cm³/mol. The smallest absolute Gasteiger partial charge is 0.339 e. The van der Waals surface area contributed by atoms with Crippen molar-refractivity contribution in [2.24, 2.45) is 0 Å². The third kappa shape index (κ3) is 5.80. The molecule has 0 aliphatic heterocycles. The van der Waals surface area contributed by atoms with Crippen molar-refractivity contribution in [3.63, 3.8) is 0 Å². The van der Waals surface area contributed by atoms with Gasteiger partial charge < -0.3 is 10.1 Å². The molecule has 4 nitrogen and oxygen atoms in total. The van der Waals surface area contributed by atoms with Crippen LogP contribution in [-0.2, 0) is 15.3 Å². The van der Waals surface area contributed by atoms with Gasteiger partial charge in [-0.05, 0) is 37.6 Å². The van der Waals surface area contributed by atoms with Gasteiger partial charge in [0.15, 0.2) is 0 Å². The van der Waals surface area contributed by atoms with Gasteiger partial charge in [-0.2, -0.15) is 0 Å². The Bertz CT molecular complexity index is 737. The molecule has 0 bridgehead atoms. The quantitative estimate of drug-likeness (QED) is 0.705. The van der Waals surface area contributed by atoms with E-state index in [1.54, 1.807) is 36.9 Å². The van der Waals surface area contributed by atoms with Crippen LogP contribution >= 0.6 is 23.4 Å². The Morgan fingerprint density at radius 3 is 2.56 bits per heavy atom. The molecule has 2 aromatic rings. The van der Waals surface area contributed by atoms with Crippen LogP contribution in [0.4, 0.5) is 5.69 Å². The average molecular weight is 378 g/mol. The Kier molecular flexibility index (Phi) is 7.34. The monoisotopic (exact) mass is 377 g/mol. The summed E-state index contributed by atoms with van der Waals surface area (Å²) >= 11 is 7.66. The number of hydrogen-bond acceptors (Lipinski definition) is 4. The lowest BCUT2D eigenvalue weighted by molar-refractivity contribution is -0.115. The van der Waals surface area contributed by atoms with E-state index >= 15 is 0 Å². The summed E-state index contributed by atoms with van der Waals surface area (Å²) < 4.78 is 4.93. The molecule has 0 saturated heterocycles.